The Hall–Kier alpha value is -1.08. The Morgan fingerprint density at radius 2 is 1.94 bits per heavy atom. The van der Waals surface area contributed by atoms with Gasteiger partial charge in [0.25, 0.3) is 0 Å². The first-order chi connectivity index (χ1) is 8.42. The summed E-state index contributed by atoms with van der Waals surface area (Å²) in [5.41, 5.74) is 0. The predicted molar refractivity (Wildman–Crippen MR) is 79.4 cm³/mol. The fourth-order valence-electron chi connectivity index (χ4n) is 2.54. The van der Waals surface area contributed by atoms with Crippen molar-refractivity contribution >= 4 is 14.0 Å². The molecule has 0 saturated heterocycles. The van der Waals surface area contributed by atoms with Crippen molar-refractivity contribution in [1.82, 2.24) is 0 Å². The van der Waals surface area contributed by atoms with E-state index in [1.54, 1.807) is 10.4 Å². The summed E-state index contributed by atoms with van der Waals surface area (Å²) in [5.74, 6) is 0. The van der Waals surface area contributed by atoms with E-state index in [2.05, 4.69) is 55.5 Å². The molecule has 0 radical (unpaired) electrons. The van der Waals surface area contributed by atoms with E-state index in [4.69, 9.17) is 0 Å². The van der Waals surface area contributed by atoms with Crippen LogP contribution >= 0.6 is 0 Å². The molecule has 0 N–H and O–H groups in total. The largest absolute Gasteiger partial charge is 0.102 e. The molecule has 1 aromatic carbocycles. The summed E-state index contributed by atoms with van der Waals surface area (Å²) in [6, 6.07) is 12.6. The van der Waals surface area contributed by atoms with Gasteiger partial charge in [-0.15, -0.1) is 0 Å². The molecular weight excluding hydrogens is 220 g/mol. The van der Waals surface area contributed by atoms with Crippen molar-refractivity contribution < 1.29 is 0 Å². The van der Waals surface area contributed by atoms with E-state index in [0.717, 1.165) is 6.42 Å². The second-order valence-corrected chi connectivity index (χ2v) is 7.82. The highest BCUT2D eigenvalue weighted by atomic mass is 28.3. The molecule has 0 amide bonds. The zero-order chi connectivity index (χ0) is 11.9. The number of hydrogen-bond acceptors (Lipinski definition) is 0. The smallest absolute Gasteiger partial charge is 0.0814 e. The van der Waals surface area contributed by atoms with Gasteiger partial charge in [-0.2, -0.15) is 0 Å². The van der Waals surface area contributed by atoms with Gasteiger partial charge in [0.1, 0.15) is 8.80 Å². The molecule has 1 atom stereocenters. The van der Waals surface area contributed by atoms with E-state index in [-0.39, 0.29) is 0 Å². The van der Waals surface area contributed by atoms with E-state index < -0.39 is 8.80 Å². The molecule has 0 fully saturated rings. The Morgan fingerprint density at radius 1 is 1.12 bits per heavy atom. The van der Waals surface area contributed by atoms with Gasteiger partial charge in [0.2, 0.25) is 0 Å². The van der Waals surface area contributed by atoms with E-state index >= 15 is 0 Å². The van der Waals surface area contributed by atoms with Gasteiger partial charge in [0.15, 0.2) is 0 Å². The molecule has 1 aliphatic rings. The van der Waals surface area contributed by atoms with Crippen LogP contribution in [0, 0.1) is 0 Å². The lowest BCUT2D eigenvalue weighted by molar-refractivity contribution is 0.767. The van der Waals surface area contributed by atoms with Gasteiger partial charge in [-0.25, -0.2) is 0 Å². The lowest BCUT2D eigenvalue weighted by Crippen LogP contribution is -2.31. The van der Waals surface area contributed by atoms with E-state index in [1.807, 2.05) is 0 Å². The number of unbranched alkanes of at least 4 members (excludes halogenated alkanes) is 2. The monoisotopic (exact) mass is 242 g/mol. The summed E-state index contributed by atoms with van der Waals surface area (Å²) in [6.07, 6.45) is 12.4. The van der Waals surface area contributed by atoms with Crippen LogP contribution in [0.5, 0.6) is 0 Å². The Kier molecular flexibility index (Phi) is 4.81. The SMILES string of the molecule is CCCCC[SiH](C1=CCC=C1)c1ccccc1. The third-order valence-electron chi connectivity index (χ3n) is 3.50. The first-order valence-electron chi connectivity index (χ1n) is 6.83. The van der Waals surface area contributed by atoms with Gasteiger partial charge in [0, 0.05) is 0 Å². The summed E-state index contributed by atoms with van der Waals surface area (Å²) in [5, 5.41) is 3.27. The van der Waals surface area contributed by atoms with Crippen LogP contribution in [0.2, 0.25) is 6.04 Å². The van der Waals surface area contributed by atoms with Crippen LogP contribution in [0.25, 0.3) is 0 Å². The lowest BCUT2D eigenvalue weighted by atomic mass is 10.3. The van der Waals surface area contributed by atoms with Crippen LogP contribution in [0.4, 0.5) is 0 Å². The summed E-state index contributed by atoms with van der Waals surface area (Å²) >= 11 is 0. The van der Waals surface area contributed by atoms with Crippen LogP contribution in [-0.2, 0) is 0 Å². The summed E-state index contributed by atoms with van der Waals surface area (Å²) in [6.45, 7) is 2.29. The Labute approximate surface area is 107 Å². The van der Waals surface area contributed by atoms with Crippen molar-refractivity contribution in [3.63, 3.8) is 0 Å². The van der Waals surface area contributed by atoms with E-state index in [1.165, 1.54) is 25.3 Å². The van der Waals surface area contributed by atoms with Crippen LogP contribution in [0.3, 0.4) is 0 Å². The van der Waals surface area contributed by atoms with Gasteiger partial charge >= 0.3 is 0 Å². The maximum atomic E-state index is 2.44. The van der Waals surface area contributed by atoms with Gasteiger partial charge in [-0.05, 0) is 6.42 Å². The number of hydrogen-bond donors (Lipinski definition) is 0. The van der Waals surface area contributed by atoms with Crippen molar-refractivity contribution in [3.05, 3.63) is 53.8 Å². The van der Waals surface area contributed by atoms with Crippen LogP contribution in [0.1, 0.15) is 32.6 Å². The molecule has 0 saturated carbocycles. The van der Waals surface area contributed by atoms with Gasteiger partial charge in [0.05, 0.1) is 0 Å². The predicted octanol–water partition coefficient (Wildman–Crippen LogP) is 3.74. The van der Waals surface area contributed by atoms with Crippen LogP contribution in [0.15, 0.2) is 53.8 Å². The van der Waals surface area contributed by atoms with Crippen LogP contribution in [-0.4, -0.2) is 8.80 Å². The normalized spacial score (nSPS) is 15.9. The highest BCUT2D eigenvalue weighted by Crippen LogP contribution is 2.17. The second-order valence-electron chi connectivity index (χ2n) is 4.80. The van der Waals surface area contributed by atoms with Crippen molar-refractivity contribution in [3.8, 4) is 0 Å². The Morgan fingerprint density at radius 3 is 2.59 bits per heavy atom. The van der Waals surface area contributed by atoms with Crippen molar-refractivity contribution in [2.24, 2.45) is 0 Å². The van der Waals surface area contributed by atoms with Crippen molar-refractivity contribution in [1.29, 1.82) is 0 Å². The third-order valence-corrected chi connectivity index (χ3v) is 6.91. The molecule has 2 rings (SSSR count). The number of allylic oxidation sites excluding steroid dienone is 4. The molecule has 0 aliphatic heterocycles. The van der Waals surface area contributed by atoms with Gasteiger partial charge in [-0.1, -0.05) is 91.2 Å². The molecule has 0 bridgehead atoms. The third kappa shape index (κ3) is 3.44. The standard InChI is InChI=1S/C16H22Si/c1-2-3-9-14-17(16-12-7-8-13-16)15-10-5-4-6-11-15/h4-7,10-13,17H,2-3,8-9,14H2,1H3. The van der Waals surface area contributed by atoms with Crippen molar-refractivity contribution in [2.75, 3.05) is 0 Å². The maximum Gasteiger partial charge on any atom is 0.102 e. The van der Waals surface area contributed by atoms with Gasteiger partial charge in [-0.3, -0.25) is 0 Å². The molecule has 1 aliphatic carbocycles. The summed E-state index contributed by atoms with van der Waals surface area (Å²) in [4.78, 5) is 0. The highest BCUT2D eigenvalue weighted by Gasteiger charge is 2.17. The quantitative estimate of drug-likeness (QED) is 0.526. The Balaban J connectivity index is 2.10. The molecule has 0 heterocycles. The fourth-order valence-corrected chi connectivity index (χ4v) is 5.77. The molecule has 1 unspecified atom stereocenters. The summed E-state index contributed by atoms with van der Waals surface area (Å²) < 4.78 is 0. The average molecular weight is 242 g/mol. The molecule has 0 spiro atoms. The molecule has 0 nitrogen and oxygen atoms in total. The number of benzene rings is 1. The van der Waals surface area contributed by atoms with E-state index in [0.29, 0.717) is 0 Å². The van der Waals surface area contributed by atoms with Gasteiger partial charge < -0.3 is 0 Å². The zero-order valence-electron chi connectivity index (χ0n) is 10.7. The first kappa shape index (κ1) is 12.4. The number of rotatable bonds is 6. The summed E-state index contributed by atoms with van der Waals surface area (Å²) in [7, 11) is -0.902. The molecule has 17 heavy (non-hydrogen) atoms. The first-order valence-corrected chi connectivity index (χ1v) is 8.80. The molecular formula is C16H22Si. The topological polar surface area (TPSA) is 0 Å². The molecule has 0 aromatic heterocycles. The van der Waals surface area contributed by atoms with Crippen molar-refractivity contribution in [2.45, 2.75) is 38.7 Å². The second kappa shape index (κ2) is 6.60. The fraction of sp³-hybridized carbons (Fsp3) is 0.375. The minimum atomic E-state index is -0.902. The zero-order valence-corrected chi connectivity index (χ0v) is 11.9. The molecule has 1 aromatic rings. The average Bonchev–Trinajstić information content (AvgIpc) is 2.89. The highest BCUT2D eigenvalue weighted by molar-refractivity contribution is 6.80. The Bertz CT molecular complexity index is 389. The molecule has 1 heteroatoms. The minimum absolute atomic E-state index is 0.902. The molecule has 90 valence electrons. The maximum absolute atomic E-state index is 2.44. The minimum Gasteiger partial charge on any atom is -0.0814 e. The lowest BCUT2D eigenvalue weighted by Gasteiger charge is -2.16. The van der Waals surface area contributed by atoms with Crippen LogP contribution < -0.4 is 5.19 Å². The van der Waals surface area contributed by atoms with E-state index in [9.17, 15) is 0 Å².